The number of hydrogen-bond donors (Lipinski definition) is 0. The molecule has 2 aromatic rings. The molecule has 1 aliphatic rings. The Morgan fingerprint density at radius 2 is 1.59 bits per heavy atom. The molecule has 0 bridgehead atoms. The molecule has 0 spiro atoms. The molecule has 3 rings (SSSR count). The molecular weight excluding hydrogens is 386 g/mol. The number of amides is 2. The molecule has 154 valence electrons. The Labute approximate surface area is 172 Å². The average molecular weight is 414 g/mol. The summed E-state index contributed by atoms with van der Waals surface area (Å²) in [5.41, 5.74) is 1.43. The highest BCUT2D eigenvalue weighted by Gasteiger charge is 2.40. The summed E-state index contributed by atoms with van der Waals surface area (Å²) in [6.07, 6.45) is 1.40. The number of rotatable bonds is 3. The Morgan fingerprint density at radius 3 is 2.17 bits per heavy atom. The predicted molar refractivity (Wildman–Crippen MR) is 112 cm³/mol. The van der Waals surface area contributed by atoms with E-state index < -0.39 is 26.9 Å². The Morgan fingerprint density at radius 1 is 0.966 bits per heavy atom. The lowest BCUT2D eigenvalue weighted by molar-refractivity contribution is -0.127. The molecular formula is C23H27NO4S. The zero-order valence-corrected chi connectivity index (χ0v) is 17.9. The number of nitrogens with zero attached hydrogens (tertiary/aromatic N) is 1. The van der Waals surface area contributed by atoms with Crippen molar-refractivity contribution in [1.82, 2.24) is 4.90 Å². The molecule has 0 aliphatic carbocycles. The molecule has 1 heterocycles. The van der Waals surface area contributed by atoms with E-state index in [9.17, 15) is 18.0 Å². The van der Waals surface area contributed by atoms with E-state index in [0.717, 1.165) is 10.5 Å². The van der Waals surface area contributed by atoms with Gasteiger partial charge >= 0.3 is 0 Å². The lowest BCUT2D eigenvalue weighted by Gasteiger charge is -2.24. The van der Waals surface area contributed by atoms with Gasteiger partial charge in [0.15, 0.2) is 9.84 Å². The topological polar surface area (TPSA) is 71.5 Å². The summed E-state index contributed by atoms with van der Waals surface area (Å²) in [6.45, 7) is 6.49. The van der Waals surface area contributed by atoms with E-state index >= 15 is 0 Å². The van der Waals surface area contributed by atoms with Crippen LogP contribution in [0.3, 0.4) is 0 Å². The molecule has 1 atom stereocenters. The van der Waals surface area contributed by atoms with Gasteiger partial charge in [-0.2, -0.15) is 0 Å². The molecule has 1 aliphatic heterocycles. The molecule has 6 heteroatoms. The Bertz CT molecular complexity index is 989. The molecule has 2 amide bonds. The van der Waals surface area contributed by atoms with Gasteiger partial charge in [0.05, 0.1) is 4.90 Å². The second kappa shape index (κ2) is 8.11. The zero-order valence-electron chi connectivity index (χ0n) is 17.1. The summed E-state index contributed by atoms with van der Waals surface area (Å²) in [6, 6.07) is 15.2. The SMILES string of the molecule is CC(C)(C)c1ccc(C(=O)N2CCCC[C@H](S(=O)(=O)c3ccccc3)C2=O)cc1. The van der Waals surface area contributed by atoms with Crippen LogP contribution in [0.25, 0.3) is 0 Å². The van der Waals surface area contributed by atoms with Gasteiger partial charge in [0, 0.05) is 12.1 Å². The maximum Gasteiger partial charge on any atom is 0.260 e. The van der Waals surface area contributed by atoms with Gasteiger partial charge < -0.3 is 0 Å². The lowest BCUT2D eigenvalue weighted by Crippen LogP contribution is -2.45. The van der Waals surface area contributed by atoms with Crippen LogP contribution in [0.1, 0.15) is 56.0 Å². The highest BCUT2D eigenvalue weighted by Crippen LogP contribution is 2.26. The van der Waals surface area contributed by atoms with Crippen LogP contribution in [-0.4, -0.2) is 36.9 Å². The number of carbonyl (C=O) groups is 2. The van der Waals surface area contributed by atoms with Crippen LogP contribution in [0.5, 0.6) is 0 Å². The van der Waals surface area contributed by atoms with E-state index in [1.54, 1.807) is 30.3 Å². The minimum atomic E-state index is -3.85. The largest absolute Gasteiger partial charge is 0.277 e. The van der Waals surface area contributed by atoms with Gasteiger partial charge in [-0.15, -0.1) is 0 Å². The van der Waals surface area contributed by atoms with Crippen LogP contribution >= 0.6 is 0 Å². The van der Waals surface area contributed by atoms with Gasteiger partial charge in [0.2, 0.25) is 5.91 Å². The molecule has 5 nitrogen and oxygen atoms in total. The first kappa shape index (κ1) is 21.2. The highest BCUT2D eigenvalue weighted by atomic mass is 32.2. The molecule has 1 saturated heterocycles. The molecule has 0 N–H and O–H groups in total. The number of sulfone groups is 1. The van der Waals surface area contributed by atoms with E-state index in [0.29, 0.717) is 18.4 Å². The third kappa shape index (κ3) is 4.42. The van der Waals surface area contributed by atoms with Crippen molar-refractivity contribution in [1.29, 1.82) is 0 Å². The minimum absolute atomic E-state index is 0.0468. The number of likely N-dealkylation sites (tertiary alicyclic amines) is 1. The molecule has 0 saturated carbocycles. The predicted octanol–water partition coefficient (Wildman–Crippen LogP) is 3.98. The van der Waals surface area contributed by atoms with Crippen LogP contribution in [0, 0.1) is 0 Å². The monoisotopic (exact) mass is 413 g/mol. The first-order valence-corrected chi connectivity index (χ1v) is 11.4. The Hall–Kier alpha value is -2.47. The van der Waals surface area contributed by atoms with Crippen molar-refractivity contribution in [2.75, 3.05) is 6.54 Å². The zero-order chi connectivity index (χ0) is 21.2. The number of benzene rings is 2. The van der Waals surface area contributed by atoms with Crippen molar-refractivity contribution in [2.24, 2.45) is 0 Å². The molecule has 0 radical (unpaired) electrons. The van der Waals surface area contributed by atoms with Crippen molar-refractivity contribution >= 4 is 21.7 Å². The minimum Gasteiger partial charge on any atom is -0.277 e. The Balaban J connectivity index is 1.89. The molecule has 1 fully saturated rings. The first-order valence-electron chi connectivity index (χ1n) is 9.87. The fraction of sp³-hybridized carbons (Fsp3) is 0.391. The Kier molecular flexibility index (Phi) is 5.94. The van der Waals surface area contributed by atoms with E-state index in [1.165, 1.54) is 12.1 Å². The van der Waals surface area contributed by atoms with E-state index in [4.69, 9.17) is 0 Å². The first-order chi connectivity index (χ1) is 13.6. The lowest BCUT2D eigenvalue weighted by atomic mass is 9.86. The average Bonchev–Trinajstić information content (AvgIpc) is 2.89. The van der Waals surface area contributed by atoms with E-state index in [-0.39, 0.29) is 23.3 Å². The third-order valence-electron chi connectivity index (χ3n) is 5.33. The molecule has 29 heavy (non-hydrogen) atoms. The van der Waals surface area contributed by atoms with Crippen molar-refractivity contribution in [3.63, 3.8) is 0 Å². The summed E-state index contributed by atoms with van der Waals surface area (Å²) in [4.78, 5) is 27.4. The van der Waals surface area contributed by atoms with Crippen molar-refractivity contribution in [3.8, 4) is 0 Å². The van der Waals surface area contributed by atoms with Crippen LogP contribution in [-0.2, 0) is 20.0 Å². The van der Waals surface area contributed by atoms with Gasteiger partial charge in [-0.05, 0) is 54.5 Å². The van der Waals surface area contributed by atoms with Gasteiger partial charge in [-0.1, -0.05) is 51.1 Å². The molecule has 0 unspecified atom stereocenters. The summed E-state index contributed by atoms with van der Waals surface area (Å²) < 4.78 is 26.1. The number of imide groups is 1. The third-order valence-corrected chi connectivity index (χ3v) is 7.44. The summed E-state index contributed by atoms with van der Waals surface area (Å²) in [5, 5.41) is -1.23. The smallest absolute Gasteiger partial charge is 0.260 e. The van der Waals surface area contributed by atoms with Crippen LogP contribution in [0.15, 0.2) is 59.5 Å². The maximum atomic E-state index is 13.1. The van der Waals surface area contributed by atoms with Crippen molar-refractivity contribution in [3.05, 3.63) is 65.7 Å². The summed E-state index contributed by atoms with van der Waals surface area (Å²) in [5.74, 6) is -1.07. The van der Waals surface area contributed by atoms with Gasteiger partial charge in [0.1, 0.15) is 5.25 Å². The second-order valence-corrected chi connectivity index (χ2v) is 10.6. The number of hydrogen-bond acceptors (Lipinski definition) is 4. The van der Waals surface area contributed by atoms with Crippen LogP contribution in [0.2, 0.25) is 0 Å². The second-order valence-electron chi connectivity index (χ2n) is 8.46. The van der Waals surface area contributed by atoms with E-state index in [1.807, 2.05) is 12.1 Å². The van der Waals surface area contributed by atoms with Gasteiger partial charge in [-0.3, -0.25) is 14.5 Å². The molecule has 2 aromatic carbocycles. The van der Waals surface area contributed by atoms with Gasteiger partial charge in [-0.25, -0.2) is 8.42 Å². The number of carbonyl (C=O) groups excluding carboxylic acids is 2. The summed E-state index contributed by atoms with van der Waals surface area (Å²) >= 11 is 0. The summed E-state index contributed by atoms with van der Waals surface area (Å²) in [7, 11) is -3.85. The highest BCUT2D eigenvalue weighted by molar-refractivity contribution is 7.92. The van der Waals surface area contributed by atoms with Crippen molar-refractivity contribution in [2.45, 2.75) is 55.6 Å². The molecule has 0 aromatic heterocycles. The fourth-order valence-electron chi connectivity index (χ4n) is 3.54. The van der Waals surface area contributed by atoms with Crippen LogP contribution in [0.4, 0.5) is 0 Å². The fourth-order valence-corrected chi connectivity index (χ4v) is 5.27. The maximum absolute atomic E-state index is 13.1. The normalized spacial score (nSPS) is 18.4. The van der Waals surface area contributed by atoms with Gasteiger partial charge in [0.25, 0.3) is 5.91 Å². The van der Waals surface area contributed by atoms with E-state index in [2.05, 4.69) is 20.8 Å². The van der Waals surface area contributed by atoms with Crippen molar-refractivity contribution < 1.29 is 18.0 Å². The standard InChI is InChI=1S/C23H27NO4S/c1-23(2,3)18-14-12-17(13-15-18)21(25)24-16-8-7-11-20(22(24)26)29(27,28)19-9-5-4-6-10-19/h4-6,9-10,12-15,20H,7-8,11,16H2,1-3H3/t20-/m0/s1. The van der Waals surface area contributed by atoms with Crippen LogP contribution < -0.4 is 0 Å². The quantitative estimate of drug-likeness (QED) is 0.714.